The van der Waals surface area contributed by atoms with Crippen LogP contribution >= 0.6 is 0 Å². The summed E-state index contributed by atoms with van der Waals surface area (Å²) in [4.78, 5) is 19.4. The Balaban J connectivity index is 1.55. The Morgan fingerprint density at radius 2 is 1.46 bits per heavy atom. The molecule has 1 aromatic heterocycles. The van der Waals surface area contributed by atoms with Crippen LogP contribution in [0.15, 0.2) is 65.1 Å². The number of hydrogen-bond donors (Lipinski definition) is 0. The molecule has 28 heavy (non-hydrogen) atoms. The van der Waals surface area contributed by atoms with Gasteiger partial charge in [0.25, 0.3) is 0 Å². The number of hydrogen-bond acceptors (Lipinski definition) is 3. The first-order valence-corrected chi connectivity index (χ1v) is 10.2. The van der Waals surface area contributed by atoms with Gasteiger partial charge in [-0.15, -0.1) is 0 Å². The lowest BCUT2D eigenvalue weighted by Crippen LogP contribution is -2.31. The minimum absolute atomic E-state index is 0.211. The number of oxazole rings is 1. The SMILES string of the molecule is O=C(CCc1nc(-c2ccccc2)c(-c2ccccc2)o1)N1CCCCCC1. The molecule has 0 atom stereocenters. The van der Waals surface area contributed by atoms with E-state index < -0.39 is 0 Å². The summed E-state index contributed by atoms with van der Waals surface area (Å²) in [6.45, 7) is 1.77. The Morgan fingerprint density at radius 1 is 0.857 bits per heavy atom. The van der Waals surface area contributed by atoms with Crippen LogP contribution in [0.3, 0.4) is 0 Å². The quantitative estimate of drug-likeness (QED) is 0.605. The van der Waals surface area contributed by atoms with Crippen LogP contribution in [0.5, 0.6) is 0 Å². The number of rotatable bonds is 5. The molecule has 0 radical (unpaired) electrons. The summed E-state index contributed by atoms with van der Waals surface area (Å²) in [7, 11) is 0. The monoisotopic (exact) mass is 374 g/mol. The molecular weight excluding hydrogens is 348 g/mol. The van der Waals surface area contributed by atoms with Crippen molar-refractivity contribution in [2.75, 3.05) is 13.1 Å². The van der Waals surface area contributed by atoms with E-state index in [0.717, 1.165) is 48.5 Å². The number of aryl methyl sites for hydroxylation is 1. The Hall–Kier alpha value is -2.88. The van der Waals surface area contributed by atoms with Crippen molar-refractivity contribution >= 4 is 5.91 Å². The Labute approximate surface area is 166 Å². The smallest absolute Gasteiger partial charge is 0.223 e. The van der Waals surface area contributed by atoms with Gasteiger partial charge in [0, 0.05) is 37.1 Å². The van der Waals surface area contributed by atoms with E-state index in [1.54, 1.807) is 0 Å². The topological polar surface area (TPSA) is 46.3 Å². The molecule has 0 aliphatic carbocycles. The lowest BCUT2D eigenvalue weighted by Gasteiger charge is -2.19. The number of aromatic nitrogens is 1. The number of carbonyl (C=O) groups excluding carboxylic acids is 1. The molecule has 1 amide bonds. The second-order valence-corrected chi connectivity index (χ2v) is 7.31. The Kier molecular flexibility index (Phi) is 5.86. The molecule has 0 spiro atoms. The van der Waals surface area contributed by atoms with E-state index in [1.807, 2.05) is 65.6 Å². The lowest BCUT2D eigenvalue weighted by atomic mass is 10.1. The van der Waals surface area contributed by atoms with E-state index >= 15 is 0 Å². The average Bonchev–Trinajstić information content (AvgIpc) is 2.99. The summed E-state index contributed by atoms with van der Waals surface area (Å²) in [5.74, 6) is 1.60. The number of carbonyl (C=O) groups is 1. The number of benzene rings is 2. The van der Waals surface area contributed by atoms with Crippen LogP contribution in [0.1, 0.15) is 38.0 Å². The molecule has 0 saturated carbocycles. The first kappa shape index (κ1) is 18.5. The average molecular weight is 374 g/mol. The summed E-state index contributed by atoms with van der Waals surface area (Å²) in [5, 5.41) is 0. The standard InChI is InChI=1S/C24H26N2O2/c27-22(26-17-9-1-2-10-18-26)16-15-21-25-23(19-11-5-3-6-12-19)24(28-21)20-13-7-4-8-14-20/h3-8,11-14H,1-2,9-10,15-18H2. The van der Waals surface area contributed by atoms with Crippen molar-refractivity contribution in [3.63, 3.8) is 0 Å². The zero-order chi connectivity index (χ0) is 19.2. The molecular formula is C24H26N2O2. The number of likely N-dealkylation sites (tertiary alicyclic amines) is 1. The largest absolute Gasteiger partial charge is 0.440 e. The first-order valence-electron chi connectivity index (χ1n) is 10.2. The molecule has 4 rings (SSSR count). The lowest BCUT2D eigenvalue weighted by molar-refractivity contribution is -0.131. The molecule has 144 valence electrons. The fraction of sp³-hybridized carbons (Fsp3) is 0.333. The molecule has 1 saturated heterocycles. The molecule has 2 aromatic carbocycles. The highest BCUT2D eigenvalue weighted by atomic mass is 16.4. The van der Waals surface area contributed by atoms with Gasteiger partial charge in [-0.3, -0.25) is 4.79 Å². The molecule has 1 aliphatic rings. The normalized spacial score (nSPS) is 14.6. The van der Waals surface area contributed by atoms with Gasteiger partial charge in [-0.2, -0.15) is 0 Å². The van der Waals surface area contributed by atoms with Gasteiger partial charge >= 0.3 is 0 Å². The predicted molar refractivity (Wildman–Crippen MR) is 111 cm³/mol. The molecule has 2 heterocycles. The molecule has 0 unspecified atom stereocenters. The Morgan fingerprint density at radius 3 is 2.11 bits per heavy atom. The van der Waals surface area contributed by atoms with Gasteiger partial charge < -0.3 is 9.32 Å². The first-order chi connectivity index (χ1) is 13.8. The van der Waals surface area contributed by atoms with Crippen molar-refractivity contribution in [2.45, 2.75) is 38.5 Å². The maximum atomic E-state index is 12.6. The molecule has 0 bridgehead atoms. The minimum atomic E-state index is 0.211. The molecule has 4 nitrogen and oxygen atoms in total. The Bertz CT molecular complexity index is 838. The summed E-state index contributed by atoms with van der Waals surface area (Å²) < 4.78 is 6.14. The molecule has 1 fully saturated rings. The zero-order valence-corrected chi connectivity index (χ0v) is 16.1. The van der Waals surface area contributed by atoms with Crippen molar-refractivity contribution in [3.05, 3.63) is 66.6 Å². The van der Waals surface area contributed by atoms with E-state index in [2.05, 4.69) is 0 Å². The fourth-order valence-corrected chi connectivity index (χ4v) is 3.74. The number of nitrogens with zero attached hydrogens (tertiary/aromatic N) is 2. The molecule has 1 aliphatic heterocycles. The van der Waals surface area contributed by atoms with E-state index in [9.17, 15) is 4.79 Å². The summed E-state index contributed by atoms with van der Waals surface area (Å²) in [6.07, 6.45) is 5.65. The highest BCUT2D eigenvalue weighted by molar-refractivity contribution is 5.78. The highest BCUT2D eigenvalue weighted by Gasteiger charge is 2.19. The number of amides is 1. The van der Waals surface area contributed by atoms with E-state index in [1.165, 1.54) is 12.8 Å². The summed E-state index contributed by atoms with van der Waals surface area (Å²) >= 11 is 0. The van der Waals surface area contributed by atoms with Crippen LogP contribution < -0.4 is 0 Å². The van der Waals surface area contributed by atoms with Crippen molar-refractivity contribution in [2.24, 2.45) is 0 Å². The van der Waals surface area contributed by atoms with Crippen LogP contribution in [0.4, 0.5) is 0 Å². The predicted octanol–water partition coefficient (Wildman–Crippen LogP) is 5.34. The second-order valence-electron chi connectivity index (χ2n) is 7.31. The van der Waals surface area contributed by atoms with Gasteiger partial charge in [0.15, 0.2) is 11.7 Å². The summed E-state index contributed by atoms with van der Waals surface area (Å²) in [6, 6.07) is 20.1. The zero-order valence-electron chi connectivity index (χ0n) is 16.1. The second kappa shape index (κ2) is 8.87. The maximum Gasteiger partial charge on any atom is 0.223 e. The van der Waals surface area contributed by atoms with Gasteiger partial charge in [0.2, 0.25) is 5.91 Å². The maximum absolute atomic E-state index is 12.6. The van der Waals surface area contributed by atoms with Gasteiger partial charge in [-0.1, -0.05) is 73.5 Å². The summed E-state index contributed by atoms with van der Waals surface area (Å²) in [5.41, 5.74) is 2.86. The van der Waals surface area contributed by atoms with Crippen molar-refractivity contribution in [3.8, 4) is 22.6 Å². The van der Waals surface area contributed by atoms with E-state index in [4.69, 9.17) is 9.40 Å². The van der Waals surface area contributed by atoms with Gasteiger partial charge in [-0.25, -0.2) is 4.98 Å². The minimum Gasteiger partial charge on any atom is -0.440 e. The van der Waals surface area contributed by atoms with Crippen molar-refractivity contribution < 1.29 is 9.21 Å². The van der Waals surface area contributed by atoms with E-state index in [-0.39, 0.29) is 5.91 Å². The van der Waals surface area contributed by atoms with Gasteiger partial charge in [0.1, 0.15) is 5.69 Å². The van der Waals surface area contributed by atoms with Crippen LogP contribution in [0.2, 0.25) is 0 Å². The van der Waals surface area contributed by atoms with Crippen LogP contribution in [0, 0.1) is 0 Å². The van der Waals surface area contributed by atoms with Gasteiger partial charge in [-0.05, 0) is 12.8 Å². The third-order valence-electron chi connectivity index (χ3n) is 5.27. The van der Waals surface area contributed by atoms with Crippen LogP contribution in [0.25, 0.3) is 22.6 Å². The molecule has 0 N–H and O–H groups in total. The third kappa shape index (κ3) is 4.33. The van der Waals surface area contributed by atoms with Crippen molar-refractivity contribution in [1.82, 2.24) is 9.88 Å². The van der Waals surface area contributed by atoms with E-state index in [0.29, 0.717) is 18.7 Å². The van der Waals surface area contributed by atoms with Crippen LogP contribution in [-0.2, 0) is 11.2 Å². The third-order valence-corrected chi connectivity index (χ3v) is 5.27. The molecule has 3 aromatic rings. The molecule has 4 heteroatoms. The highest BCUT2D eigenvalue weighted by Crippen LogP contribution is 2.32. The van der Waals surface area contributed by atoms with Crippen molar-refractivity contribution in [1.29, 1.82) is 0 Å². The van der Waals surface area contributed by atoms with Gasteiger partial charge in [0.05, 0.1) is 0 Å². The van der Waals surface area contributed by atoms with Crippen LogP contribution in [-0.4, -0.2) is 28.9 Å². The fourth-order valence-electron chi connectivity index (χ4n) is 3.74.